The number of hydrogen-bond acceptors (Lipinski definition) is 3. The van der Waals surface area contributed by atoms with Gasteiger partial charge in [0.15, 0.2) is 5.82 Å². The van der Waals surface area contributed by atoms with Crippen molar-refractivity contribution in [2.45, 2.75) is 20.8 Å². The minimum absolute atomic E-state index is 0.0487. The van der Waals surface area contributed by atoms with Crippen LogP contribution in [0.15, 0.2) is 60.7 Å². The Balaban J connectivity index is 1.80. The van der Waals surface area contributed by atoms with Gasteiger partial charge in [-0.1, -0.05) is 47.5 Å². The standard InChI is InChI=1S/C24H20Cl2N4O/c1-14-10-11-19(12-15(14)2)27-24(31)22-28-23(17-6-4-7-18(25)13-17)30(29-22)21-9-5-8-20(26)16(21)3/h4-13H,1-3H3,(H,27,31). The first-order valence-electron chi connectivity index (χ1n) is 9.70. The van der Waals surface area contributed by atoms with Gasteiger partial charge in [-0.3, -0.25) is 4.79 Å². The van der Waals surface area contributed by atoms with Crippen molar-refractivity contribution in [1.29, 1.82) is 0 Å². The lowest BCUT2D eigenvalue weighted by Crippen LogP contribution is -2.14. The van der Waals surface area contributed by atoms with E-state index in [1.807, 2.05) is 69.3 Å². The molecule has 0 atom stereocenters. The topological polar surface area (TPSA) is 59.8 Å². The predicted octanol–water partition coefficient (Wildman–Crippen LogP) is 6.42. The quantitative estimate of drug-likeness (QED) is 0.390. The lowest BCUT2D eigenvalue weighted by molar-refractivity contribution is 0.101. The number of halogens is 2. The maximum Gasteiger partial charge on any atom is 0.295 e. The monoisotopic (exact) mass is 450 g/mol. The number of benzene rings is 3. The first-order valence-corrected chi connectivity index (χ1v) is 10.5. The highest BCUT2D eigenvalue weighted by Gasteiger charge is 2.20. The third-order valence-corrected chi connectivity index (χ3v) is 5.77. The maximum absolute atomic E-state index is 13.0. The van der Waals surface area contributed by atoms with Crippen molar-refractivity contribution in [2.75, 3.05) is 5.32 Å². The molecule has 7 heteroatoms. The molecule has 0 spiro atoms. The van der Waals surface area contributed by atoms with Crippen LogP contribution in [0.2, 0.25) is 10.0 Å². The summed E-state index contributed by atoms with van der Waals surface area (Å²) in [5.41, 5.74) is 5.24. The second-order valence-corrected chi connectivity index (χ2v) is 8.16. The molecule has 1 amide bonds. The van der Waals surface area contributed by atoms with E-state index in [0.717, 1.165) is 27.9 Å². The van der Waals surface area contributed by atoms with Crippen LogP contribution in [-0.4, -0.2) is 20.7 Å². The smallest absolute Gasteiger partial charge is 0.295 e. The number of anilines is 1. The summed E-state index contributed by atoms with van der Waals surface area (Å²) < 4.78 is 1.63. The summed E-state index contributed by atoms with van der Waals surface area (Å²) in [6, 6.07) is 18.5. The number of aryl methyl sites for hydroxylation is 2. The van der Waals surface area contributed by atoms with E-state index in [1.165, 1.54) is 0 Å². The molecule has 1 N–H and O–H groups in total. The summed E-state index contributed by atoms with van der Waals surface area (Å²) in [6.45, 7) is 5.92. The second kappa shape index (κ2) is 8.53. The average Bonchev–Trinajstić information content (AvgIpc) is 3.18. The van der Waals surface area contributed by atoms with Gasteiger partial charge in [0.25, 0.3) is 5.91 Å². The van der Waals surface area contributed by atoms with Crippen LogP contribution in [0, 0.1) is 20.8 Å². The number of rotatable bonds is 4. The van der Waals surface area contributed by atoms with Gasteiger partial charge in [-0.05, 0) is 73.9 Å². The predicted molar refractivity (Wildman–Crippen MR) is 125 cm³/mol. The molecule has 0 radical (unpaired) electrons. The SMILES string of the molecule is Cc1ccc(NC(=O)c2nc(-c3cccc(Cl)c3)n(-c3cccc(Cl)c3C)n2)cc1C. The minimum atomic E-state index is -0.398. The number of amides is 1. The Bertz CT molecular complexity index is 1300. The van der Waals surface area contributed by atoms with Crippen LogP contribution in [0.25, 0.3) is 17.1 Å². The summed E-state index contributed by atoms with van der Waals surface area (Å²) in [5, 5.41) is 8.56. The Labute approximate surface area is 190 Å². The van der Waals surface area contributed by atoms with Gasteiger partial charge < -0.3 is 5.32 Å². The van der Waals surface area contributed by atoms with Gasteiger partial charge >= 0.3 is 0 Å². The minimum Gasteiger partial charge on any atom is -0.319 e. The highest BCUT2D eigenvalue weighted by Crippen LogP contribution is 2.28. The van der Waals surface area contributed by atoms with Crippen LogP contribution in [0.1, 0.15) is 27.3 Å². The van der Waals surface area contributed by atoms with Crippen molar-refractivity contribution in [1.82, 2.24) is 14.8 Å². The van der Waals surface area contributed by atoms with E-state index in [2.05, 4.69) is 15.4 Å². The van der Waals surface area contributed by atoms with E-state index in [1.54, 1.807) is 16.8 Å². The molecule has 4 aromatic rings. The molecule has 0 aliphatic heterocycles. The molecule has 0 fully saturated rings. The molecule has 0 saturated heterocycles. The van der Waals surface area contributed by atoms with Crippen molar-refractivity contribution in [3.63, 3.8) is 0 Å². The molecule has 3 aromatic carbocycles. The molecule has 0 bridgehead atoms. The van der Waals surface area contributed by atoms with E-state index >= 15 is 0 Å². The number of hydrogen-bond donors (Lipinski definition) is 1. The van der Waals surface area contributed by atoms with Crippen molar-refractivity contribution < 1.29 is 4.79 Å². The Morgan fingerprint density at radius 1 is 0.935 bits per heavy atom. The highest BCUT2D eigenvalue weighted by atomic mass is 35.5. The Morgan fingerprint density at radius 3 is 2.45 bits per heavy atom. The summed E-state index contributed by atoms with van der Waals surface area (Å²) in [5.74, 6) is 0.149. The highest BCUT2D eigenvalue weighted by molar-refractivity contribution is 6.31. The lowest BCUT2D eigenvalue weighted by Gasteiger charge is -2.10. The molecule has 156 valence electrons. The van der Waals surface area contributed by atoms with Gasteiger partial charge in [-0.2, -0.15) is 0 Å². The Hall–Kier alpha value is -3.15. The fraction of sp³-hybridized carbons (Fsp3) is 0.125. The largest absolute Gasteiger partial charge is 0.319 e. The van der Waals surface area contributed by atoms with Gasteiger partial charge in [-0.15, -0.1) is 5.10 Å². The van der Waals surface area contributed by atoms with Gasteiger partial charge in [0.05, 0.1) is 5.69 Å². The lowest BCUT2D eigenvalue weighted by atomic mass is 10.1. The molecule has 5 nitrogen and oxygen atoms in total. The summed E-state index contributed by atoms with van der Waals surface area (Å²) >= 11 is 12.5. The van der Waals surface area contributed by atoms with Crippen LogP contribution >= 0.6 is 23.2 Å². The third kappa shape index (κ3) is 4.33. The number of nitrogens with zero attached hydrogens (tertiary/aromatic N) is 3. The molecule has 0 aliphatic rings. The fourth-order valence-corrected chi connectivity index (χ4v) is 3.58. The van der Waals surface area contributed by atoms with Crippen LogP contribution in [0.5, 0.6) is 0 Å². The van der Waals surface area contributed by atoms with Gasteiger partial charge in [0.1, 0.15) is 0 Å². The van der Waals surface area contributed by atoms with E-state index < -0.39 is 5.91 Å². The van der Waals surface area contributed by atoms with Gasteiger partial charge in [0, 0.05) is 21.3 Å². The van der Waals surface area contributed by atoms with Crippen LogP contribution in [0.3, 0.4) is 0 Å². The van der Waals surface area contributed by atoms with Gasteiger partial charge in [0.2, 0.25) is 5.82 Å². The first-order chi connectivity index (χ1) is 14.8. The zero-order chi connectivity index (χ0) is 22.1. The molecular weight excluding hydrogens is 431 g/mol. The molecular formula is C24H20Cl2N4O. The molecule has 0 saturated carbocycles. The van der Waals surface area contributed by atoms with Crippen LogP contribution in [-0.2, 0) is 0 Å². The molecule has 1 heterocycles. The molecule has 1 aromatic heterocycles. The molecule has 0 unspecified atom stereocenters. The number of carbonyl (C=O) groups excluding carboxylic acids is 1. The van der Waals surface area contributed by atoms with E-state index in [-0.39, 0.29) is 5.82 Å². The first kappa shape index (κ1) is 21.1. The van der Waals surface area contributed by atoms with Crippen molar-refractivity contribution >= 4 is 34.8 Å². The summed E-state index contributed by atoms with van der Waals surface area (Å²) in [6.07, 6.45) is 0. The van der Waals surface area contributed by atoms with Crippen molar-refractivity contribution in [3.05, 3.63) is 93.2 Å². The summed E-state index contributed by atoms with van der Waals surface area (Å²) in [7, 11) is 0. The Morgan fingerprint density at radius 2 is 1.71 bits per heavy atom. The van der Waals surface area contributed by atoms with E-state index in [4.69, 9.17) is 23.2 Å². The van der Waals surface area contributed by atoms with Crippen LogP contribution in [0.4, 0.5) is 5.69 Å². The Kier molecular flexibility index (Phi) is 5.81. The van der Waals surface area contributed by atoms with Crippen molar-refractivity contribution in [3.8, 4) is 17.1 Å². The van der Waals surface area contributed by atoms with E-state index in [0.29, 0.717) is 21.6 Å². The summed E-state index contributed by atoms with van der Waals surface area (Å²) in [4.78, 5) is 17.5. The van der Waals surface area contributed by atoms with E-state index in [9.17, 15) is 4.79 Å². The normalized spacial score (nSPS) is 10.9. The zero-order valence-corrected chi connectivity index (χ0v) is 18.8. The molecule has 0 aliphatic carbocycles. The zero-order valence-electron chi connectivity index (χ0n) is 17.3. The van der Waals surface area contributed by atoms with Crippen LogP contribution < -0.4 is 5.32 Å². The molecule has 4 rings (SSSR count). The van der Waals surface area contributed by atoms with Crippen molar-refractivity contribution in [2.24, 2.45) is 0 Å². The molecule has 31 heavy (non-hydrogen) atoms. The number of aromatic nitrogens is 3. The number of carbonyl (C=O) groups is 1. The number of nitrogens with one attached hydrogen (secondary N) is 1. The average molecular weight is 451 g/mol. The maximum atomic E-state index is 13.0. The van der Waals surface area contributed by atoms with Gasteiger partial charge in [-0.25, -0.2) is 9.67 Å². The third-order valence-electron chi connectivity index (χ3n) is 5.13. The second-order valence-electron chi connectivity index (χ2n) is 7.32. The fourth-order valence-electron chi connectivity index (χ4n) is 3.22.